The molecule has 0 amide bonds. The standard InChI is InChI=1S/C6H14BNO2/c1-7-9-5-3-8(2)4-6-10-7/h3-6H2,1-2H3. The lowest BCUT2D eigenvalue weighted by molar-refractivity contribution is 0.128. The molecule has 0 aromatic rings. The van der Waals surface area contributed by atoms with Gasteiger partial charge in [0.15, 0.2) is 0 Å². The van der Waals surface area contributed by atoms with Crippen LogP contribution in [0.15, 0.2) is 0 Å². The molecule has 1 saturated heterocycles. The van der Waals surface area contributed by atoms with E-state index in [4.69, 9.17) is 9.31 Å². The van der Waals surface area contributed by atoms with E-state index in [0.717, 1.165) is 26.3 Å². The number of likely N-dealkylation sites (N-methyl/N-ethyl adjacent to an activating group) is 1. The maximum atomic E-state index is 5.29. The molecule has 0 saturated carbocycles. The molecule has 1 aliphatic heterocycles. The van der Waals surface area contributed by atoms with Gasteiger partial charge in [0.05, 0.1) is 0 Å². The first-order chi connectivity index (χ1) is 4.79. The van der Waals surface area contributed by atoms with Crippen LogP contribution in [0.1, 0.15) is 0 Å². The quantitative estimate of drug-likeness (QED) is 0.448. The lowest BCUT2D eigenvalue weighted by atomic mass is 9.95. The second-order valence-electron chi connectivity index (χ2n) is 2.61. The molecule has 0 aromatic heterocycles. The van der Waals surface area contributed by atoms with Crippen molar-refractivity contribution >= 4 is 7.12 Å². The highest BCUT2D eigenvalue weighted by atomic mass is 16.6. The molecule has 4 heteroatoms. The summed E-state index contributed by atoms with van der Waals surface area (Å²) in [5.41, 5.74) is 0. The Bertz CT molecular complexity index is 81.7. The summed E-state index contributed by atoms with van der Waals surface area (Å²) in [6, 6.07) is 0. The first-order valence-electron chi connectivity index (χ1n) is 3.71. The van der Waals surface area contributed by atoms with Crippen LogP contribution in [0, 0.1) is 0 Å². The van der Waals surface area contributed by atoms with Crippen LogP contribution in [0.2, 0.25) is 6.82 Å². The fraction of sp³-hybridized carbons (Fsp3) is 1.00. The number of nitrogens with zero attached hydrogens (tertiary/aromatic N) is 1. The summed E-state index contributed by atoms with van der Waals surface area (Å²) in [4.78, 5) is 2.20. The zero-order valence-electron chi connectivity index (χ0n) is 6.67. The van der Waals surface area contributed by atoms with Crippen molar-refractivity contribution in [1.29, 1.82) is 0 Å². The Morgan fingerprint density at radius 3 is 2.20 bits per heavy atom. The van der Waals surface area contributed by atoms with Crippen molar-refractivity contribution in [2.75, 3.05) is 33.4 Å². The molecular formula is C6H14BNO2. The Balaban J connectivity index is 2.21. The molecule has 0 atom stereocenters. The third-order valence-corrected chi connectivity index (χ3v) is 1.65. The minimum absolute atomic E-state index is 0.0197. The predicted octanol–water partition coefficient (Wildman–Crippen LogP) is 0.0830. The van der Waals surface area contributed by atoms with Crippen molar-refractivity contribution in [2.45, 2.75) is 6.82 Å². The van der Waals surface area contributed by atoms with Gasteiger partial charge < -0.3 is 14.2 Å². The van der Waals surface area contributed by atoms with Crippen LogP contribution in [0.3, 0.4) is 0 Å². The molecule has 0 aromatic carbocycles. The largest absolute Gasteiger partial charge is 0.453 e. The Hall–Kier alpha value is -0.0551. The highest BCUT2D eigenvalue weighted by Gasteiger charge is 2.13. The molecule has 0 unspecified atom stereocenters. The van der Waals surface area contributed by atoms with E-state index < -0.39 is 0 Å². The number of rotatable bonds is 0. The monoisotopic (exact) mass is 143 g/mol. The van der Waals surface area contributed by atoms with Crippen LogP contribution < -0.4 is 0 Å². The van der Waals surface area contributed by atoms with Crippen molar-refractivity contribution in [1.82, 2.24) is 4.90 Å². The SMILES string of the molecule is CB1OCCN(C)CCO1. The van der Waals surface area contributed by atoms with Gasteiger partial charge in [-0.2, -0.15) is 0 Å². The molecule has 0 radical (unpaired) electrons. The zero-order valence-corrected chi connectivity index (χ0v) is 6.67. The highest BCUT2D eigenvalue weighted by Crippen LogP contribution is 1.95. The molecule has 3 nitrogen and oxygen atoms in total. The lowest BCUT2D eigenvalue weighted by Gasteiger charge is -2.22. The van der Waals surface area contributed by atoms with Gasteiger partial charge in [-0.25, -0.2) is 0 Å². The van der Waals surface area contributed by atoms with Gasteiger partial charge in [-0.05, 0) is 13.9 Å². The smallest absolute Gasteiger partial charge is 0.410 e. The van der Waals surface area contributed by atoms with Gasteiger partial charge in [0.2, 0.25) is 0 Å². The number of hydrogen-bond donors (Lipinski definition) is 0. The van der Waals surface area contributed by atoms with Gasteiger partial charge >= 0.3 is 7.12 Å². The first-order valence-corrected chi connectivity index (χ1v) is 3.71. The van der Waals surface area contributed by atoms with E-state index in [1.807, 2.05) is 6.82 Å². The summed E-state index contributed by atoms with van der Waals surface area (Å²) >= 11 is 0. The Morgan fingerprint density at radius 2 is 1.70 bits per heavy atom. The van der Waals surface area contributed by atoms with Crippen LogP contribution in [-0.4, -0.2) is 45.4 Å². The molecule has 0 aliphatic carbocycles. The average molecular weight is 143 g/mol. The van der Waals surface area contributed by atoms with Crippen LogP contribution >= 0.6 is 0 Å². The molecule has 58 valence electrons. The van der Waals surface area contributed by atoms with Crippen molar-refractivity contribution in [3.8, 4) is 0 Å². The fourth-order valence-corrected chi connectivity index (χ4v) is 0.909. The summed E-state index contributed by atoms with van der Waals surface area (Å²) in [5, 5.41) is 0. The molecule has 1 rings (SSSR count). The maximum Gasteiger partial charge on any atom is 0.453 e. The summed E-state index contributed by atoms with van der Waals surface area (Å²) in [6.45, 7) is 5.50. The molecule has 0 spiro atoms. The Morgan fingerprint density at radius 1 is 1.20 bits per heavy atom. The molecule has 0 bridgehead atoms. The summed E-state index contributed by atoms with van der Waals surface area (Å²) in [6.07, 6.45) is 0. The molecule has 10 heavy (non-hydrogen) atoms. The van der Waals surface area contributed by atoms with Crippen LogP contribution in [0.25, 0.3) is 0 Å². The van der Waals surface area contributed by atoms with Gasteiger partial charge in [-0.3, -0.25) is 0 Å². The second kappa shape index (κ2) is 3.96. The Kier molecular flexibility index (Phi) is 3.18. The zero-order chi connectivity index (χ0) is 7.40. The topological polar surface area (TPSA) is 21.7 Å². The van der Waals surface area contributed by atoms with Crippen LogP contribution in [0.4, 0.5) is 0 Å². The van der Waals surface area contributed by atoms with Crippen molar-refractivity contribution in [3.05, 3.63) is 0 Å². The predicted molar refractivity (Wildman–Crippen MR) is 41.0 cm³/mol. The first kappa shape index (κ1) is 8.05. The van der Waals surface area contributed by atoms with E-state index in [-0.39, 0.29) is 7.12 Å². The average Bonchev–Trinajstić information content (AvgIpc) is 1.84. The maximum absolute atomic E-state index is 5.29. The van der Waals surface area contributed by atoms with Gasteiger partial charge in [0.25, 0.3) is 0 Å². The van der Waals surface area contributed by atoms with Crippen LogP contribution in [0.5, 0.6) is 0 Å². The minimum Gasteiger partial charge on any atom is -0.410 e. The second-order valence-corrected chi connectivity index (χ2v) is 2.61. The van der Waals surface area contributed by atoms with Gasteiger partial charge in [-0.1, -0.05) is 0 Å². The van der Waals surface area contributed by atoms with Gasteiger partial charge in [0.1, 0.15) is 0 Å². The van der Waals surface area contributed by atoms with Crippen molar-refractivity contribution in [2.24, 2.45) is 0 Å². The normalized spacial score (nSPS) is 24.0. The molecule has 1 aliphatic rings. The van der Waals surface area contributed by atoms with Gasteiger partial charge in [0, 0.05) is 26.3 Å². The van der Waals surface area contributed by atoms with Crippen molar-refractivity contribution in [3.63, 3.8) is 0 Å². The van der Waals surface area contributed by atoms with E-state index >= 15 is 0 Å². The van der Waals surface area contributed by atoms with E-state index in [9.17, 15) is 0 Å². The molecular weight excluding hydrogens is 129 g/mol. The summed E-state index contributed by atoms with van der Waals surface area (Å²) < 4.78 is 10.6. The van der Waals surface area contributed by atoms with E-state index in [1.54, 1.807) is 0 Å². The van der Waals surface area contributed by atoms with Crippen molar-refractivity contribution < 1.29 is 9.31 Å². The molecule has 1 fully saturated rings. The minimum atomic E-state index is -0.0197. The van der Waals surface area contributed by atoms with Gasteiger partial charge in [-0.15, -0.1) is 0 Å². The third kappa shape index (κ3) is 2.69. The van der Waals surface area contributed by atoms with Crippen LogP contribution in [-0.2, 0) is 9.31 Å². The summed E-state index contributed by atoms with van der Waals surface area (Å²) in [5.74, 6) is 0. The third-order valence-electron chi connectivity index (χ3n) is 1.65. The highest BCUT2D eigenvalue weighted by molar-refractivity contribution is 6.42. The molecule has 1 heterocycles. The molecule has 0 N–H and O–H groups in total. The van der Waals surface area contributed by atoms with E-state index in [1.165, 1.54) is 0 Å². The van der Waals surface area contributed by atoms with E-state index in [0.29, 0.717) is 0 Å². The summed E-state index contributed by atoms with van der Waals surface area (Å²) in [7, 11) is 2.05. The fourth-order valence-electron chi connectivity index (χ4n) is 0.909. The number of hydrogen-bond acceptors (Lipinski definition) is 3. The lowest BCUT2D eigenvalue weighted by Crippen LogP contribution is -2.35. The van der Waals surface area contributed by atoms with E-state index in [2.05, 4.69) is 11.9 Å². The Labute approximate surface area is 62.4 Å².